The van der Waals surface area contributed by atoms with Crippen LogP contribution >= 0.6 is 0 Å². The Labute approximate surface area is 135 Å². The van der Waals surface area contributed by atoms with Gasteiger partial charge in [0.2, 0.25) is 0 Å². The maximum Gasteiger partial charge on any atom is 0.0227 e. The van der Waals surface area contributed by atoms with E-state index in [1.807, 2.05) is 0 Å². The quantitative estimate of drug-likeness (QED) is 0.875. The van der Waals surface area contributed by atoms with E-state index in [1.165, 1.54) is 22.3 Å². The molecule has 1 atom stereocenters. The molecule has 0 bridgehead atoms. The first-order valence-electron chi connectivity index (χ1n) is 8.04. The zero-order chi connectivity index (χ0) is 16.1. The molecule has 0 aliphatic heterocycles. The van der Waals surface area contributed by atoms with E-state index in [0.717, 1.165) is 13.0 Å². The first kappa shape index (κ1) is 16.7. The van der Waals surface area contributed by atoms with Gasteiger partial charge in [-0.15, -0.1) is 0 Å². The smallest absolute Gasteiger partial charge is 0.0227 e. The third-order valence-electron chi connectivity index (χ3n) is 4.07. The number of nitrogens with two attached hydrogens (primary N) is 1. The molecular weight excluding hydrogens is 268 g/mol. The molecule has 2 N–H and O–H groups in total. The van der Waals surface area contributed by atoms with Gasteiger partial charge < -0.3 is 10.6 Å². The van der Waals surface area contributed by atoms with Crippen LogP contribution in [0.2, 0.25) is 0 Å². The van der Waals surface area contributed by atoms with Crippen LogP contribution < -0.4 is 5.73 Å². The fourth-order valence-electron chi connectivity index (χ4n) is 2.51. The largest absolute Gasteiger partial charge is 0.327 e. The van der Waals surface area contributed by atoms with E-state index >= 15 is 0 Å². The van der Waals surface area contributed by atoms with Gasteiger partial charge in [-0.2, -0.15) is 0 Å². The Bertz CT molecular complexity index is 568. The Kier molecular flexibility index (Phi) is 5.76. The van der Waals surface area contributed by atoms with Crippen molar-refractivity contribution in [1.29, 1.82) is 0 Å². The van der Waals surface area contributed by atoms with Crippen LogP contribution in [-0.2, 0) is 13.0 Å². The molecule has 0 aromatic heterocycles. The van der Waals surface area contributed by atoms with Gasteiger partial charge in [-0.1, -0.05) is 62.4 Å². The highest BCUT2D eigenvalue weighted by Gasteiger charge is 2.08. The molecule has 1 unspecified atom stereocenters. The highest BCUT2D eigenvalue weighted by Crippen LogP contribution is 2.21. The van der Waals surface area contributed by atoms with Gasteiger partial charge in [0.1, 0.15) is 0 Å². The highest BCUT2D eigenvalue weighted by molar-refractivity contribution is 5.64. The van der Waals surface area contributed by atoms with Gasteiger partial charge in [0.05, 0.1) is 0 Å². The summed E-state index contributed by atoms with van der Waals surface area (Å²) in [4.78, 5) is 2.18. The van der Waals surface area contributed by atoms with Crippen LogP contribution in [0.5, 0.6) is 0 Å². The molecular formula is C20H28N2. The Morgan fingerprint density at radius 3 is 1.68 bits per heavy atom. The van der Waals surface area contributed by atoms with Crippen molar-refractivity contribution in [3.05, 3.63) is 59.7 Å². The molecule has 0 spiro atoms. The number of nitrogens with zero attached hydrogens (tertiary/aromatic N) is 1. The first-order chi connectivity index (χ1) is 10.5. The minimum absolute atomic E-state index is 0.233. The molecule has 2 rings (SSSR count). The van der Waals surface area contributed by atoms with Crippen molar-refractivity contribution in [2.24, 2.45) is 11.7 Å². The maximum atomic E-state index is 6.15. The van der Waals surface area contributed by atoms with Crippen LogP contribution in [0.3, 0.4) is 0 Å². The van der Waals surface area contributed by atoms with Crippen LogP contribution in [0.1, 0.15) is 25.0 Å². The van der Waals surface area contributed by atoms with Crippen LogP contribution in [-0.4, -0.2) is 25.0 Å². The average Bonchev–Trinajstić information content (AvgIpc) is 2.48. The van der Waals surface area contributed by atoms with Gasteiger partial charge in [-0.25, -0.2) is 0 Å². The third-order valence-corrected chi connectivity index (χ3v) is 4.07. The Balaban J connectivity index is 2.06. The molecule has 0 radical (unpaired) electrons. The second-order valence-corrected chi connectivity index (χ2v) is 6.74. The molecule has 0 saturated carbocycles. The van der Waals surface area contributed by atoms with Crippen LogP contribution in [0, 0.1) is 5.92 Å². The summed E-state index contributed by atoms with van der Waals surface area (Å²) < 4.78 is 0. The van der Waals surface area contributed by atoms with E-state index in [1.54, 1.807) is 0 Å². The lowest BCUT2D eigenvalue weighted by atomic mass is 9.95. The summed E-state index contributed by atoms with van der Waals surface area (Å²) >= 11 is 0. The monoisotopic (exact) mass is 296 g/mol. The molecule has 0 aliphatic rings. The van der Waals surface area contributed by atoms with Gasteiger partial charge in [0, 0.05) is 12.6 Å². The van der Waals surface area contributed by atoms with E-state index in [9.17, 15) is 0 Å². The van der Waals surface area contributed by atoms with Crippen LogP contribution in [0.15, 0.2) is 48.5 Å². The molecule has 0 saturated heterocycles. The number of hydrogen-bond donors (Lipinski definition) is 1. The van der Waals surface area contributed by atoms with E-state index in [2.05, 4.69) is 81.4 Å². The van der Waals surface area contributed by atoms with Crippen molar-refractivity contribution < 1.29 is 0 Å². The maximum absolute atomic E-state index is 6.15. The SMILES string of the molecule is CC(C)C(N)Cc1ccc(-c2ccc(CN(C)C)cc2)cc1. The number of rotatable bonds is 6. The molecule has 0 aliphatic carbocycles. The predicted molar refractivity (Wildman–Crippen MR) is 95.8 cm³/mol. The molecule has 2 heteroatoms. The Morgan fingerprint density at radius 1 is 0.818 bits per heavy atom. The molecule has 0 fully saturated rings. The van der Waals surface area contributed by atoms with Gasteiger partial charge >= 0.3 is 0 Å². The minimum Gasteiger partial charge on any atom is -0.327 e. The Hall–Kier alpha value is -1.64. The van der Waals surface area contributed by atoms with Crippen molar-refractivity contribution in [3.63, 3.8) is 0 Å². The van der Waals surface area contributed by atoms with Crippen LogP contribution in [0.25, 0.3) is 11.1 Å². The van der Waals surface area contributed by atoms with Crippen molar-refractivity contribution in [2.75, 3.05) is 14.1 Å². The standard InChI is InChI=1S/C20H28N2/c1-15(2)20(21)13-16-5-9-18(10-6-16)19-11-7-17(8-12-19)14-22(3)4/h5-12,15,20H,13-14,21H2,1-4H3. The second-order valence-electron chi connectivity index (χ2n) is 6.74. The summed E-state index contributed by atoms with van der Waals surface area (Å²) in [7, 11) is 4.18. The summed E-state index contributed by atoms with van der Waals surface area (Å²) in [5, 5.41) is 0. The number of hydrogen-bond acceptors (Lipinski definition) is 2. The van der Waals surface area contributed by atoms with E-state index in [-0.39, 0.29) is 6.04 Å². The van der Waals surface area contributed by atoms with Crippen molar-refractivity contribution >= 4 is 0 Å². The van der Waals surface area contributed by atoms with Crippen molar-refractivity contribution in [2.45, 2.75) is 32.9 Å². The number of benzene rings is 2. The summed E-state index contributed by atoms with van der Waals surface area (Å²) in [6, 6.07) is 17.8. The van der Waals surface area contributed by atoms with Gasteiger partial charge in [-0.3, -0.25) is 0 Å². The molecule has 2 aromatic carbocycles. The summed E-state index contributed by atoms with van der Waals surface area (Å²) in [5.41, 5.74) is 11.3. The zero-order valence-corrected chi connectivity index (χ0v) is 14.2. The van der Waals surface area contributed by atoms with Crippen molar-refractivity contribution in [1.82, 2.24) is 4.90 Å². The lowest BCUT2D eigenvalue weighted by molar-refractivity contribution is 0.402. The fourth-order valence-corrected chi connectivity index (χ4v) is 2.51. The summed E-state index contributed by atoms with van der Waals surface area (Å²) in [6.45, 7) is 5.33. The van der Waals surface area contributed by atoms with E-state index in [4.69, 9.17) is 5.73 Å². The summed E-state index contributed by atoms with van der Waals surface area (Å²) in [6.07, 6.45) is 0.944. The van der Waals surface area contributed by atoms with E-state index in [0.29, 0.717) is 5.92 Å². The van der Waals surface area contributed by atoms with Crippen LogP contribution in [0.4, 0.5) is 0 Å². The molecule has 22 heavy (non-hydrogen) atoms. The normalized spacial score (nSPS) is 12.9. The zero-order valence-electron chi connectivity index (χ0n) is 14.2. The van der Waals surface area contributed by atoms with Gasteiger partial charge in [0.25, 0.3) is 0 Å². The minimum atomic E-state index is 0.233. The van der Waals surface area contributed by atoms with Crippen molar-refractivity contribution in [3.8, 4) is 11.1 Å². The lowest BCUT2D eigenvalue weighted by Gasteiger charge is -2.15. The van der Waals surface area contributed by atoms with E-state index < -0.39 is 0 Å². The highest BCUT2D eigenvalue weighted by atomic mass is 15.0. The first-order valence-corrected chi connectivity index (χ1v) is 8.04. The Morgan fingerprint density at radius 2 is 1.27 bits per heavy atom. The summed E-state index contributed by atoms with van der Waals surface area (Å²) in [5.74, 6) is 0.518. The average molecular weight is 296 g/mol. The molecule has 2 nitrogen and oxygen atoms in total. The molecule has 0 amide bonds. The van der Waals surface area contributed by atoms with Gasteiger partial charge in [-0.05, 0) is 48.7 Å². The second kappa shape index (κ2) is 7.57. The topological polar surface area (TPSA) is 29.3 Å². The molecule has 2 aromatic rings. The predicted octanol–water partition coefficient (Wildman–Crippen LogP) is 3.94. The molecule has 0 heterocycles. The molecule has 118 valence electrons. The fraction of sp³-hybridized carbons (Fsp3) is 0.400. The third kappa shape index (κ3) is 4.69. The lowest BCUT2D eigenvalue weighted by Crippen LogP contribution is -2.28. The van der Waals surface area contributed by atoms with Gasteiger partial charge in [0.15, 0.2) is 0 Å².